The molecular formula is C17H29O. The van der Waals surface area contributed by atoms with Gasteiger partial charge in [-0.15, -0.1) is 6.58 Å². The monoisotopic (exact) mass is 249 g/mol. The highest BCUT2D eigenvalue weighted by atomic mass is 16.5. The van der Waals surface area contributed by atoms with Gasteiger partial charge >= 0.3 is 0 Å². The molecule has 1 radical (unpaired) electrons. The molecule has 1 atom stereocenters. The second kappa shape index (κ2) is 12.5. The van der Waals surface area contributed by atoms with Crippen molar-refractivity contribution in [2.45, 2.75) is 59.3 Å². The first-order valence-corrected chi connectivity index (χ1v) is 7.15. The fourth-order valence-corrected chi connectivity index (χ4v) is 1.66. The molecule has 0 aliphatic rings. The minimum absolute atomic E-state index is 0.535. The maximum Gasteiger partial charge on any atom is 0.156 e. The molecule has 1 unspecified atom stereocenters. The molecule has 0 aromatic heterocycles. The summed E-state index contributed by atoms with van der Waals surface area (Å²) >= 11 is 0. The van der Waals surface area contributed by atoms with Crippen LogP contribution >= 0.6 is 0 Å². The van der Waals surface area contributed by atoms with Crippen LogP contribution in [0.4, 0.5) is 0 Å². The van der Waals surface area contributed by atoms with Crippen molar-refractivity contribution >= 4 is 0 Å². The van der Waals surface area contributed by atoms with Crippen molar-refractivity contribution in [3.05, 3.63) is 36.6 Å². The van der Waals surface area contributed by atoms with Crippen molar-refractivity contribution in [1.29, 1.82) is 0 Å². The molecule has 18 heavy (non-hydrogen) atoms. The van der Waals surface area contributed by atoms with Crippen molar-refractivity contribution in [2.24, 2.45) is 5.92 Å². The van der Waals surface area contributed by atoms with E-state index in [0.717, 1.165) is 32.3 Å². The molecule has 0 saturated heterocycles. The number of hydrogen-bond donors (Lipinski definition) is 0. The molecule has 0 bridgehead atoms. The Morgan fingerprint density at radius 3 is 2.72 bits per heavy atom. The summed E-state index contributed by atoms with van der Waals surface area (Å²) in [6, 6.07) is 0. The molecule has 0 aliphatic heterocycles. The molecule has 0 N–H and O–H groups in total. The predicted octanol–water partition coefficient (Wildman–Crippen LogP) is 5.45. The Morgan fingerprint density at radius 1 is 1.33 bits per heavy atom. The molecule has 0 amide bonds. The summed E-state index contributed by atoms with van der Waals surface area (Å²) in [4.78, 5) is 0. The summed E-state index contributed by atoms with van der Waals surface area (Å²) in [5.41, 5.74) is 1.39. The van der Waals surface area contributed by atoms with Crippen LogP contribution in [0.5, 0.6) is 0 Å². The van der Waals surface area contributed by atoms with Crippen molar-refractivity contribution < 1.29 is 4.74 Å². The van der Waals surface area contributed by atoms with E-state index in [0.29, 0.717) is 5.92 Å². The lowest BCUT2D eigenvalue weighted by atomic mass is 9.99. The zero-order chi connectivity index (χ0) is 13.6. The third-order valence-electron chi connectivity index (χ3n) is 2.86. The third kappa shape index (κ3) is 11.5. The van der Waals surface area contributed by atoms with Gasteiger partial charge in [-0.3, -0.25) is 0 Å². The molecule has 0 saturated carbocycles. The van der Waals surface area contributed by atoms with Gasteiger partial charge in [-0.05, 0) is 51.5 Å². The zero-order valence-electron chi connectivity index (χ0n) is 12.4. The van der Waals surface area contributed by atoms with Crippen LogP contribution in [-0.2, 0) is 4.74 Å². The van der Waals surface area contributed by atoms with Crippen LogP contribution in [0.25, 0.3) is 0 Å². The largest absolute Gasteiger partial charge is 0.490 e. The fraction of sp³-hybridized carbons (Fsp3) is 0.647. The quantitative estimate of drug-likeness (QED) is 0.269. The van der Waals surface area contributed by atoms with Gasteiger partial charge in [0.2, 0.25) is 0 Å². The molecule has 0 fully saturated rings. The Kier molecular flexibility index (Phi) is 11.8. The number of unbranched alkanes of at least 4 members (excludes halogenated alkanes) is 2. The lowest BCUT2D eigenvalue weighted by molar-refractivity contribution is 0.220. The lowest BCUT2D eigenvalue weighted by Gasteiger charge is -2.07. The smallest absolute Gasteiger partial charge is 0.156 e. The van der Waals surface area contributed by atoms with Crippen LogP contribution in [0.3, 0.4) is 0 Å². The van der Waals surface area contributed by atoms with Crippen LogP contribution in [0.2, 0.25) is 0 Å². The number of ether oxygens (including phenoxy) is 1. The van der Waals surface area contributed by atoms with Crippen LogP contribution in [0.1, 0.15) is 59.3 Å². The highest BCUT2D eigenvalue weighted by molar-refractivity contribution is 4.94. The molecule has 1 nitrogen and oxygen atoms in total. The van der Waals surface area contributed by atoms with E-state index in [1.807, 2.05) is 12.2 Å². The second-order valence-corrected chi connectivity index (χ2v) is 4.97. The van der Waals surface area contributed by atoms with Crippen LogP contribution < -0.4 is 0 Å². The van der Waals surface area contributed by atoms with Crippen molar-refractivity contribution in [3.8, 4) is 0 Å². The van der Waals surface area contributed by atoms with E-state index in [1.54, 1.807) is 0 Å². The third-order valence-corrected chi connectivity index (χ3v) is 2.86. The minimum Gasteiger partial charge on any atom is -0.490 e. The molecule has 1 heteroatoms. The summed E-state index contributed by atoms with van der Waals surface area (Å²) in [5.74, 6) is 0.535. The van der Waals surface area contributed by atoms with Crippen LogP contribution in [0, 0.1) is 12.2 Å². The SMILES string of the molecule is C=CC(C/C=[C]\OCCCCC)CCC=C(C)C. The van der Waals surface area contributed by atoms with Gasteiger partial charge in [-0.1, -0.05) is 37.5 Å². The normalized spacial score (nSPS) is 12.4. The number of hydrogen-bond acceptors (Lipinski definition) is 1. The average molecular weight is 249 g/mol. The van der Waals surface area contributed by atoms with Gasteiger partial charge < -0.3 is 4.74 Å². The van der Waals surface area contributed by atoms with Crippen LogP contribution in [-0.4, -0.2) is 6.61 Å². The van der Waals surface area contributed by atoms with Crippen molar-refractivity contribution in [1.82, 2.24) is 0 Å². The first-order valence-electron chi connectivity index (χ1n) is 7.15. The number of allylic oxidation sites excluding steroid dienone is 4. The summed E-state index contributed by atoms with van der Waals surface area (Å²) in [7, 11) is 0. The van der Waals surface area contributed by atoms with Gasteiger partial charge in [-0.2, -0.15) is 0 Å². The Balaban J connectivity index is 3.63. The van der Waals surface area contributed by atoms with Crippen molar-refractivity contribution in [2.75, 3.05) is 6.61 Å². The van der Waals surface area contributed by atoms with E-state index in [9.17, 15) is 0 Å². The summed E-state index contributed by atoms with van der Waals surface area (Å²) in [5, 5.41) is 0. The molecule has 0 spiro atoms. The van der Waals surface area contributed by atoms with E-state index >= 15 is 0 Å². The Labute approximate surface area is 114 Å². The zero-order valence-corrected chi connectivity index (χ0v) is 12.4. The van der Waals surface area contributed by atoms with E-state index < -0.39 is 0 Å². The standard InChI is InChI=1S/C17H29O/c1-5-7-8-14-18-15-10-13-17(6-2)12-9-11-16(3)4/h6,10-11,17H,2,5,7-9,12-14H2,1,3-4H3. The van der Waals surface area contributed by atoms with Crippen molar-refractivity contribution in [3.63, 3.8) is 0 Å². The number of rotatable bonds is 11. The van der Waals surface area contributed by atoms with Gasteiger partial charge in [0.15, 0.2) is 6.26 Å². The fourth-order valence-electron chi connectivity index (χ4n) is 1.66. The molecule has 103 valence electrons. The highest BCUT2D eigenvalue weighted by Crippen LogP contribution is 2.14. The molecule has 0 aromatic carbocycles. The lowest BCUT2D eigenvalue weighted by Crippen LogP contribution is -1.94. The minimum atomic E-state index is 0.535. The van der Waals surface area contributed by atoms with Gasteiger partial charge in [0, 0.05) is 0 Å². The van der Waals surface area contributed by atoms with E-state index in [1.165, 1.54) is 18.4 Å². The Morgan fingerprint density at radius 2 is 2.11 bits per heavy atom. The molecular weight excluding hydrogens is 220 g/mol. The first-order chi connectivity index (χ1) is 8.70. The van der Waals surface area contributed by atoms with Crippen LogP contribution in [0.15, 0.2) is 30.4 Å². The van der Waals surface area contributed by atoms with E-state index in [-0.39, 0.29) is 0 Å². The second-order valence-electron chi connectivity index (χ2n) is 4.97. The van der Waals surface area contributed by atoms with Gasteiger partial charge in [0.1, 0.15) is 0 Å². The molecule has 0 aromatic rings. The summed E-state index contributed by atoms with van der Waals surface area (Å²) in [6.07, 6.45) is 16.1. The van der Waals surface area contributed by atoms with E-state index in [4.69, 9.17) is 4.74 Å². The Bertz CT molecular complexity index is 246. The Hall–Kier alpha value is -0.980. The molecule has 0 aliphatic carbocycles. The average Bonchev–Trinajstić information content (AvgIpc) is 2.35. The maximum atomic E-state index is 5.32. The molecule has 0 rings (SSSR count). The highest BCUT2D eigenvalue weighted by Gasteiger charge is 2.00. The first kappa shape index (κ1) is 17.0. The predicted molar refractivity (Wildman–Crippen MR) is 80.3 cm³/mol. The van der Waals surface area contributed by atoms with Gasteiger partial charge in [0.25, 0.3) is 0 Å². The summed E-state index contributed by atoms with van der Waals surface area (Å²) in [6.45, 7) is 11.2. The molecule has 0 heterocycles. The van der Waals surface area contributed by atoms with Gasteiger partial charge in [-0.25, -0.2) is 0 Å². The van der Waals surface area contributed by atoms with E-state index in [2.05, 4.69) is 39.7 Å². The topological polar surface area (TPSA) is 9.23 Å². The summed E-state index contributed by atoms with van der Waals surface area (Å²) < 4.78 is 5.32. The van der Waals surface area contributed by atoms with Gasteiger partial charge in [0.05, 0.1) is 6.61 Å². The maximum absolute atomic E-state index is 5.32.